The van der Waals surface area contributed by atoms with Gasteiger partial charge in [-0.15, -0.1) is 11.3 Å². The summed E-state index contributed by atoms with van der Waals surface area (Å²) in [5.41, 5.74) is 0.680. The van der Waals surface area contributed by atoms with Crippen molar-refractivity contribution in [1.29, 1.82) is 0 Å². The number of carbonyl (C=O) groups excluding carboxylic acids is 1. The number of likely N-dealkylation sites (N-methyl/N-ethyl adjacent to an activating group) is 2. The zero-order valence-corrected chi connectivity index (χ0v) is 12.5. The normalized spacial score (nSPS) is 10.2. The molecule has 1 amide bonds. The van der Waals surface area contributed by atoms with Gasteiger partial charge in [-0.25, -0.2) is 0 Å². The predicted molar refractivity (Wildman–Crippen MR) is 78.4 cm³/mol. The van der Waals surface area contributed by atoms with E-state index in [-0.39, 0.29) is 12.5 Å². The highest BCUT2D eigenvalue weighted by molar-refractivity contribution is 7.10. The van der Waals surface area contributed by atoms with Crippen LogP contribution in [-0.4, -0.2) is 61.7 Å². The van der Waals surface area contributed by atoms with E-state index < -0.39 is 0 Å². The maximum atomic E-state index is 12.1. The summed E-state index contributed by atoms with van der Waals surface area (Å²) in [4.78, 5) is 16.7. The first-order valence-corrected chi connectivity index (χ1v) is 7.01. The van der Waals surface area contributed by atoms with Crippen LogP contribution in [0.15, 0.2) is 11.4 Å². The lowest BCUT2D eigenvalue weighted by Gasteiger charge is -2.19. The zero-order chi connectivity index (χ0) is 14.3. The van der Waals surface area contributed by atoms with E-state index >= 15 is 0 Å². The summed E-state index contributed by atoms with van der Waals surface area (Å²) in [6, 6.07) is 1.81. The standard InChI is InChI=1S/C14H20N2O2S/c1-15(2)7-8-16(3)14(18)12-10-13(19-11-12)6-4-5-9-17/h10-11,17H,5,7-9H2,1-3H3. The first-order valence-electron chi connectivity index (χ1n) is 6.13. The van der Waals surface area contributed by atoms with E-state index in [0.29, 0.717) is 18.5 Å². The molecule has 0 aliphatic heterocycles. The van der Waals surface area contributed by atoms with Crippen LogP contribution in [0.25, 0.3) is 0 Å². The summed E-state index contributed by atoms with van der Waals surface area (Å²) in [6.45, 7) is 1.61. The number of aliphatic hydroxyl groups is 1. The summed E-state index contributed by atoms with van der Waals surface area (Å²) in [6.07, 6.45) is 0.462. The molecule has 0 radical (unpaired) electrons. The van der Waals surface area contributed by atoms with Crippen LogP contribution in [0, 0.1) is 11.8 Å². The van der Waals surface area contributed by atoms with E-state index in [9.17, 15) is 4.79 Å². The molecule has 0 saturated heterocycles. The van der Waals surface area contributed by atoms with Gasteiger partial charge < -0.3 is 14.9 Å². The molecule has 1 aromatic heterocycles. The molecule has 1 aromatic rings. The lowest BCUT2D eigenvalue weighted by Crippen LogP contribution is -2.33. The van der Waals surface area contributed by atoms with E-state index in [0.717, 1.165) is 11.4 Å². The molecule has 0 spiro atoms. The van der Waals surface area contributed by atoms with Gasteiger partial charge in [0, 0.05) is 31.9 Å². The van der Waals surface area contributed by atoms with Gasteiger partial charge in [-0.05, 0) is 20.2 Å². The molecule has 0 aromatic carbocycles. The quantitative estimate of drug-likeness (QED) is 0.822. The van der Waals surface area contributed by atoms with Crippen LogP contribution >= 0.6 is 11.3 Å². The highest BCUT2D eigenvalue weighted by Crippen LogP contribution is 2.15. The van der Waals surface area contributed by atoms with Gasteiger partial charge in [-0.2, -0.15) is 0 Å². The first kappa shape index (κ1) is 15.7. The van der Waals surface area contributed by atoms with Gasteiger partial charge in [0.2, 0.25) is 0 Å². The minimum atomic E-state index is 0.0216. The summed E-state index contributed by atoms with van der Waals surface area (Å²) in [5, 5.41) is 10.5. The number of carbonyl (C=O) groups is 1. The smallest absolute Gasteiger partial charge is 0.254 e. The Bertz CT molecular complexity index is 471. The maximum absolute atomic E-state index is 12.1. The fourth-order valence-corrected chi connectivity index (χ4v) is 2.14. The van der Waals surface area contributed by atoms with E-state index in [1.165, 1.54) is 11.3 Å². The number of hydrogen-bond acceptors (Lipinski definition) is 4. The van der Waals surface area contributed by atoms with Crippen LogP contribution in [0.4, 0.5) is 0 Å². The van der Waals surface area contributed by atoms with Crippen molar-refractivity contribution in [2.24, 2.45) is 0 Å². The molecule has 0 aliphatic rings. The van der Waals surface area contributed by atoms with Crippen molar-refractivity contribution in [3.8, 4) is 11.8 Å². The Morgan fingerprint density at radius 1 is 1.37 bits per heavy atom. The van der Waals surface area contributed by atoms with Gasteiger partial charge in [0.1, 0.15) is 0 Å². The van der Waals surface area contributed by atoms with Crippen molar-refractivity contribution in [2.75, 3.05) is 40.8 Å². The Labute approximate surface area is 118 Å². The fourth-order valence-electron chi connectivity index (χ4n) is 1.39. The molecule has 1 rings (SSSR count). The monoisotopic (exact) mass is 280 g/mol. The molecule has 19 heavy (non-hydrogen) atoms. The second kappa shape index (κ2) is 7.95. The molecule has 1 heterocycles. The van der Waals surface area contributed by atoms with E-state index in [2.05, 4.69) is 11.8 Å². The minimum absolute atomic E-state index is 0.0216. The van der Waals surface area contributed by atoms with Crippen LogP contribution < -0.4 is 0 Å². The molecule has 0 fully saturated rings. The minimum Gasteiger partial charge on any atom is -0.395 e. The molecule has 0 aliphatic carbocycles. The number of amides is 1. The van der Waals surface area contributed by atoms with Gasteiger partial charge in [0.25, 0.3) is 5.91 Å². The van der Waals surface area contributed by atoms with E-state index in [4.69, 9.17) is 5.11 Å². The number of thiophene rings is 1. The SMILES string of the molecule is CN(C)CCN(C)C(=O)c1csc(C#CCCO)c1. The second-order valence-electron chi connectivity index (χ2n) is 4.50. The van der Waals surface area contributed by atoms with Gasteiger partial charge in [0.15, 0.2) is 0 Å². The van der Waals surface area contributed by atoms with Crippen molar-refractivity contribution < 1.29 is 9.90 Å². The molecule has 0 bridgehead atoms. The summed E-state index contributed by atoms with van der Waals surface area (Å²) < 4.78 is 0. The van der Waals surface area contributed by atoms with Crippen LogP contribution in [0.1, 0.15) is 21.7 Å². The molecule has 4 nitrogen and oxygen atoms in total. The van der Waals surface area contributed by atoms with Crippen LogP contribution in [-0.2, 0) is 0 Å². The Morgan fingerprint density at radius 2 is 2.11 bits per heavy atom. The largest absolute Gasteiger partial charge is 0.395 e. The van der Waals surface area contributed by atoms with E-state index in [1.807, 2.05) is 30.4 Å². The van der Waals surface area contributed by atoms with Crippen LogP contribution in [0.3, 0.4) is 0 Å². The third-order valence-corrected chi connectivity index (χ3v) is 3.37. The van der Waals surface area contributed by atoms with Crippen molar-refractivity contribution in [1.82, 2.24) is 9.80 Å². The summed E-state index contributed by atoms with van der Waals surface area (Å²) in [5.74, 6) is 5.81. The molecule has 0 unspecified atom stereocenters. The number of aliphatic hydroxyl groups excluding tert-OH is 1. The van der Waals surface area contributed by atoms with Gasteiger partial charge in [-0.3, -0.25) is 4.79 Å². The third-order valence-electron chi connectivity index (χ3n) is 2.52. The molecule has 1 N–H and O–H groups in total. The molecule has 104 valence electrons. The summed E-state index contributed by atoms with van der Waals surface area (Å²) >= 11 is 1.46. The Kier molecular flexibility index (Phi) is 6.57. The van der Waals surface area contributed by atoms with Gasteiger partial charge in [0.05, 0.1) is 17.0 Å². The lowest BCUT2D eigenvalue weighted by molar-refractivity contribution is 0.0787. The van der Waals surface area contributed by atoms with Gasteiger partial charge in [-0.1, -0.05) is 11.8 Å². The van der Waals surface area contributed by atoms with Crippen molar-refractivity contribution in [3.63, 3.8) is 0 Å². The average Bonchev–Trinajstić information content (AvgIpc) is 2.84. The first-order chi connectivity index (χ1) is 9.04. The van der Waals surface area contributed by atoms with Crippen molar-refractivity contribution in [3.05, 3.63) is 21.9 Å². The molecule has 0 atom stereocenters. The lowest BCUT2D eigenvalue weighted by atomic mass is 10.2. The maximum Gasteiger partial charge on any atom is 0.254 e. The Morgan fingerprint density at radius 3 is 2.74 bits per heavy atom. The molecule has 0 saturated carbocycles. The topological polar surface area (TPSA) is 43.8 Å². The number of nitrogens with zero attached hydrogens (tertiary/aromatic N) is 2. The Hall–Kier alpha value is -1.35. The number of rotatable bonds is 5. The number of hydrogen-bond donors (Lipinski definition) is 1. The second-order valence-corrected chi connectivity index (χ2v) is 5.42. The molecule has 5 heteroatoms. The predicted octanol–water partition coefficient (Wildman–Crippen LogP) is 1.12. The molecular formula is C14H20N2O2S. The van der Waals surface area contributed by atoms with Crippen molar-refractivity contribution >= 4 is 17.2 Å². The van der Waals surface area contributed by atoms with E-state index in [1.54, 1.807) is 11.9 Å². The highest BCUT2D eigenvalue weighted by atomic mass is 32.1. The Balaban J connectivity index is 2.60. The summed E-state index contributed by atoms with van der Waals surface area (Å²) in [7, 11) is 5.77. The fraction of sp³-hybridized carbons (Fsp3) is 0.500. The van der Waals surface area contributed by atoms with Crippen LogP contribution in [0.2, 0.25) is 0 Å². The molecular weight excluding hydrogens is 260 g/mol. The van der Waals surface area contributed by atoms with Crippen LogP contribution in [0.5, 0.6) is 0 Å². The zero-order valence-electron chi connectivity index (χ0n) is 11.6. The van der Waals surface area contributed by atoms with Gasteiger partial charge >= 0.3 is 0 Å². The highest BCUT2D eigenvalue weighted by Gasteiger charge is 2.13. The van der Waals surface area contributed by atoms with Crippen molar-refractivity contribution in [2.45, 2.75) is 6.42 Å². The third kappa shape index (κ3) is 5.43. The average molecular weight is 280 g/mol.